The molecule has 0 radical (unpaired) electrons. The Morgan fingerprint density at radius 1 is 0.750 bits per heavy atom. The molecule has 1 aromatic heterocycles. The first-order valence-corrected chi connectivity index (χ1v) is 9.01. The quantitative estimate of drug-likeness (QED) is 0.526. The molecule has 0 aliphatic heterocycles. The summed E-state index contributed by atoms with van der Waals surface area (Å²) in [5.41, 5.74) is 0.977. The first-order chi connectivity index (χ1) is 11.8. The summed E-state index contributed by atoms with van der Waals surface area (Å²) < 4.78 is 11.2. The summed E-state index contributed by atoms with van der Waals surface area (Å²) >= 11 is 0. The lowest BCUT2D eigenvalue weighted by atomic mass is 10.1. The molecule has 0 aliphatic rings. The number of ether oxygens (including phenoxy) is 2. The van der Waals surface area contributed by atoms with Crippen LogP contribution >= 0.6 is 0 Å². The van der Waals surface area contributed by atoms with Gasteiger partial charge in [0.25, 0.3) is 0 Å². The SMILES string of the molecule is CCCCCCCCOc1ccc(-c2ncc(OCC)cn2)cc1. The Labute approximate surface area is 145 Å². The third-order valence-corrected chi connectivity index (χ3v) is 3.82. The highest BCUT2D eigenvalue weighted by Gasteiger charge is 2.03. The van der Waals surface area contributed by atoms with Crippen LogP contribution in [0.1, 0.15) is 52.4 Å². The van der Waals surface area contributed by atoms with Crippen LogP contribution in [0.15, 0.2) is 36.7 Å². The maximum absolute atomic E-state index is 5.79. The van der Waals surface area contributed by atoms with Crippen molar-refractivity contribution in [2.24, 2.45) is 0 Å². The third kappa shape index (κ3) is 6.19. The second-order valence-electron chi connectivity index (χ2n) is 5.82. The van der Waals surface area contributed by atoms with Crippen LogP contribution in [0.5, 0.6) is 11.5 Å². The van der Waals surface area contributed by atoms with E-state index in [9.17, 15) is 0 Å². The number of unbranched alkanes of at least 4 members (excludes halogenated alkanes) is 5. The molecular formula is C20H28N2O2. The van der Waals surface area contributed by atoms with Crippen molar-refractivity contribution in [3.8, 4) is 22.9 Å². The third-order valence-electron chi connectivity index (χ3n) is 3.82. The fourth-order valence-electron chi connectivity index (χ4n) is 2.48. The number of nitrogens with zero attached hydrogens (tertiary/aromatic N) is 2. The molecule has 0 unspecified atom stereocenters. The molecule has 1 aromatic carbocycles. The first kappa shape index (κ1) is 18.2. The van der Waals surface area contributed by atoms with E-state index in [2.05, 4.69) is 16.9 Å². The van der Waals surface area contributed by atoms with Crippen molar-refractivity contribution in [1.29, 1.82) is 0 Å². The van der Waals surface area contributed by atoms with Crippen LogP contribution in [0.25, 0.3) is 11.4 Å². The van der Waals surface area contributed by atoms with Gasteiger partial charge in [-0.2, -0.15) is 0 Å². The maximum atomic E-state index is 5.79. The standard InChI is InChI=1S/C20H28N2O2/c1-3-5-6-7-8-9-14-24-18-12-10-17(11-13-18)20-21-15-19(16-22-20)23-4-2/h10-13,15-16H,3-9,14H2,1-2H3. The summed E-state index contributed by atoms with van der Waals surface area (Å²) in [6.45, 7) is 5.58. The first-order valence-electron chi connectivity index (χ1n) is 9.01. The molecule has 2 rings (SSSR count). The van der Waals surface area contributed by atoms with Crippen molar-refractivity contribution < 1.29 is 9.47 Å². The molecule has 0 saturated heterocycles. The fraction of sp³-hybridized carbons (Fsp3) is 0.500. The van der Waals surface area contributed by atoms with Crippen molar-refractivity contribution in [2.45, 2.75) is 52.4 Å². The number of hydrogen-bond acceptors (Lipinski definition) is 4. The van der Waals surface area contributed by atoms with Crippen LogP contribution < -0.4 is 9.47 Å². The van der Waals surface area contributed by atoms with Gasteiger partial charge in [-0.05, 0) is 37.6 Å². The number of rotatable bonds is 11. The van der Waals surface area contributed by atoms with Gasteiger partial charge in [0.1, 0.15) is 5.75 Å². The van der Waals surface area contributed by atoms with Crippen LogP contribution in [-0.2, 0) is 0 Å². The smallest absolute Gasteiger partial charge is 0.159 e. The molecule has 0 amide bonds. The molecule has 2 aromatic rings. The molecule has 0 atom stereocenters. The van der Waals surface area contributed by atoms with Crippen LogP contribution in [0.4, 0.5) is 0 Å². The molecule has 0 saturated carbocycles. The summed E-state index contributed by atoms with van der Waals surface area (Å²) in [5, 5.41) is 0. The molecule has 1 heterocycles. The Balaban J connectivity index is 1.76. The molecule has 0 spiro atoms. The van der Waals surface area contributed by atoms with Crippen molar-refractivity contribution in [3.05, 3.63) is 36.7 Å². The lowest BCUT2D eigenvalue weighted by Crippen LogP contribution is -1.97. The van der Waals surface area contributed by atoms with Gasteiger partial charge in [-0.25, -0.2) is 9.97 Å². The van der Waals surface area contributed by atoms with Gasteiger partial charge in [0, 0.05) is 5.56 Å². The average Bonchev–Trinajstić information content (AvgIpc) is 2.62. The molecule has 4 heteroatoms. The molecule has 0 fully saturated rings. The van der Waals surface area contributed by atoms with E-state index in [1.807, 2.05) is 31.2 Å². The summed E-state index contributed by atoms with van der Waals surface area (Å²) in [4.78, 5) is 8.66. The molecular weight excluding hydrogens is 300 g/mol. The summed E-state index contributed by atoms with van der Waals surface area (Å²) in [6.07, 6.45) is 11.1. The fourth-order valence-corrected chi connectivity index (χ4v) is 2.48. The van der Waals surface area contributed by atoms with Gasteiger partial charge in [-0.1, -0.05) is 39.0 Å². The summed E-state index contributed by atoms with van der Waals surface area (Å²) in [5.74, 6) is 2.29. The minimum Gasteiger partial charge on any atom is -0.494 e. The van der Waals surface area contributed by atoms with Crippen molar-refractivity contribution >= 4 is 0 Å². The van der Waals surface area contributed by atoms with E-state index in [1.54, 1.807) is 12.4 Å². The highest BCUT2D eigenvalue weighted by atomic mass is 16.5. The van der Waals surface area contributed by atoms with E-state index < -0.39 is 0 Å². The Kier molecular flexibility index (Phi) is 8.08. The lowest BCUT2D eigenvalue weighted by Gasteiger charge is -2.07. The van der Waals surface area contributed by atoms with Crippen LogP contribution in [0, 0.1) is 0 Å². The van der Waals surface area contributed by atoms with E-state index in [-0.39, 0.29) is 0 Å². The van der Waals surface area contributed by atoms with Crippen LogP contribution in [0.2, 0.25) is 0 Å². The molecule has 0 aliphatic carbocycles. The predicted octanol–water partition coefficient (Wildman–Crippen LogP) is 5.28. The van der Waals surface area contributed by atoms with E-state index >= 15 is 0 Å². The normalized spacial score (nSPS) is 10.6. The Morgan fingerprint density at radius 2 is 1.42 bits per heavy atom. The Hall–Kier alpha value is -2.10. The van der Waals surface area contributed by atoms with E-state index in [0.717, 1.165) is 24.3 Å². The van der Waals surface area contributed by atoms with Crippen LogP contribution in [-0.4, -0.2) is 23.2 Å². The number of benzene rings is 1. The van der Waals surface area contributed by atoms with Crippen molar-refractivity contribution in [1.82, 2.24) is 9.97 Å². The van der Waals surface area contributed by atoms with Gasteiger partial charge in [0.2, 0.25) is 0 Å². The number of aromatic nitrogens is 2. The second-order valence-corrected chi connectivity index (χ2v) is 5.82. The molecule has 24 heavy (non-hydrogen) atoms. The summed E-state index contributed by atoms with van der Waals surface area (Å²) in [7, 11) is 0. The zero-order chi connectivity index (χ0) is 17.0. The maximum Gasteiger partial charge on any atom is 0.159 e. The Morgan fingerprint density at radius 3 is 2.08 bits per heavy atom. The van der Waals surface area contributed by atoms with Crippen molar-refractivity contribution in [3.63, 3.8) is 0 Å². The van der Waals surface area contributed by atoms with E-state index in [0.29, 0.717) is 18.2 Å². The second kappa shape index (κ2) is 10.6. The largest absolute Gasteiger partial charge is 0.494 e. The highest BCUT2D eigenvalue weighted by molar-refractivity contribution is 5.56. The molecule has 0 bridgehead atoms. The molecule has 4 nitrogen and oxygen atoms in total. The van der Waals surface area contributed by atoms with Gasteiger partial charge in [-0.3, -0.25) is 0 Å². The topological polar surface area (TPSA) is 44.2 Å². The Bertz CT molecular complexity index is 567. The average molecular weight is 328 g/mol. The van der Waals surface area contributed by atoms with Gasteiger partial charge in [-0.15, -0.1) is 0 Å². The van der Waals surface area contributed by atoms with Gasteiger partial charge < -0.3 is 9.47 Å². The molecule has 130 valence electrons. The van der Waals surface area contributed by atoms with E-state index in [1.165, 1.54) is 32.1 Å². The molecule has 0 N–H and O–H groups in total. The number of hydrogen-bond donors (Lipinski definition) is 0. The van der Waals surface area contributed by atoms with Crippen molar-refractivity contribution in [2.75, 3.05) is 13.2 Å². The minimum absolute atomic E-state index is 0.618. The monoisotopic (exact) mass is 328 g/mol. The van der Waals surface area contributed by atoms with Gasteiger partial charge in [0.05, 0.1) is 25.6 Å². The minimum atomic E-state index is 0.618. The zero-order valence-corrected chi connectivity index (χ0v) is 14.8. The lowest BCUT2D eigenvalue weighted by molar-refractivity contribution is 0.304. The van der Waals surface area contributed by atoms with Gasteiger partial charge >= 0.3 is 0 Å². The zero-order valence-electron chi connectivity index (χ0n) is 14.8. The van der Waals surface area contributed by atoms with Crippen LogP contribution in [0.3, 0.4) is 0 Å². The van der Waals surface area contributed by atoms with Gasteiger partial charge in [0.15, 0.2) is 11.6 Å². The predicted molar refractivity (Wildman–Crippen MR) is 97.5 cm³/mol. The summed E-state index contributed by atoms with van der Waals surface area (Å²) in [6, 6.07) is 7.94. The van der Waals surface area contributed by atoms with E-state index in [4.69, 9.17) is 9.47 Å². The highest BCUT2D eigenvalue weighted by Crippen LogP contribution is 2.20.